The van der Waals surface area contributed by atoms with Gasteiger partial charge in [0.2, 0.25) is 10.0 Å². The molecule has 3 aliphatic heterocycles. The van der Waals surface area contributed by atoms with Crippen LogP contribution in [0.25, 0.3) is 0 Å². The molecule has 3 aliphatic rings. The number of fused-ring (bicyclic) bond motifs is 1. The van der Waals surface area contributed by atoms with Crippen molar-refractivity contribution in [3.05, 3.63) is 17.8 Å². The van der Waals surface area contributed by atoms with Gasteiger partial charge in [-0.25, -0.2) is 18.2 Å². The quantitative estimate of drug-likeness (QED) is 0.745. The van der Waals surface area contributed by atoms with Crippen LogP contribution in [0.3, 0.4) is 0 Å². The SMILES string of the molecule is CCCS(=O)(=O)N1CCN(c2cc3c(cn2)OC(C2CCN(C(=O)O)CC2)C3)CC1. The Hall–Kier alpha value is -2.07. The van der Waals surface area contributed by atoms with E-state index in [4.69, 9.17) is 9.84 Å². The van der Waals surface area contributed by atoms with E-state index in [1.54, 1.807) is 10.5 Å². The number of hydrogen-bond donors (Lipinski definition) is 1. The summed E-state index contributed by atoms with van der Waals surface area (Å²) in [6.45, 7) is 5.24. The molecule has 1 N–H and O–H groups in total. The highest BCUT2D eigenvalue weighted by Gasteiger charge is 2.35. The highest BCUT2D eigenvalue weighted by molar-refractivity contribution is 7.89. The van der Waals surface area contributed by atoms with Crippen LogP contribution in [0.2, 0.25) is 0 Å². The van der Waals surface area contributed by atoms with Crippen molar-refractivity contribution < 1.29 is 23.1 Å². The van der Waals surface area contributed by atoms with Gasteiger partial charge < -0.3 is 19.6 Å². The average Bonchev–Trinajstić information content (AvgIpc) is 3.17. The summed E-state index contributed by atoms with van der Waals surface area (Å²) in [4.78, 5) is 19.3. The number of piperazine rings is 1. The van der Waals surface area contributed by atoms with Crippen LogP contribution in [-0.2, 0) is 16.4 Å². The summed E-state index contributed by atoms with van der Waals surface area (Å²) in [5.74, 6) is 2.23. The van der Waals surface area contributed by atoms with E-state index < -0.39 is 16.1 Å². The molecule has 30 heavy (non-hydrogen) atoms. The number of nitrogens with zero attached hydrogens (tertiary/aromatic N) is 4. The number of likely N-dealkylation sites (tertiary alicyclic amines) is 1. The Morgan fingerprint density at radius 3 is 2.53 bits per heavy atom. The van der Waals surface area contributed by atoms with Crippen LogP contribution < -0.4 is 9.64 Å². The van der Waals surface area contributed by atoms with E-state index in [0.29, 0.717) is 51.6 Å². The van der Waals surface area contributed by atoms with Crippen LogP contribution in [0.15, 0.2) is 12.3 Å². The van der Waals surface area contributed by atoms with Crippen LogP contribution in [0.1, 0.15) is 31.7 Å². The fraction of sp³-hybridized carbons (Fsp3) is 0.700. The molecule has 10 heteroatoms. The summed E-state index contributed by atoms with van der Waals surface area (Å²) in [5, 5.41) is 9.12. The van der Waals surface area contributed by atoms with Gasteiger partial charge in [0, 0.05) is 51.3 Å². The van der Waals surface area contributed by atoms with Gasteiger partial charge in [0.05, 0.1) is 11.9 Å². The second-order valence-corrected chi connectivity index (χ2v) is 10.4. The van der Waals surface area contributed by atoms with Crippen molar-refractivity contribution >= 4 is 21.9 Å². The molecule has 0 aromatic carbocycles. The Morgan fingerprint density at radius 1 is 1.20 bits per heavy atom. The summed E-state index contributed by atoms with van der Waals surface area (Å²) >= 11 is 0. The van der Waals surface area contributed by atoms with Crippen LogP contribution in [0.4, 0.5) is 10.6 Å². The van der Waals surface area contributed by atoms with Crippen molar-refractivity contribution in [3.8, 4) is 5.75 Å². The third-order valence-electron chi connectivity index (χ3n) is 6.39. The van der Waals surface area contributed by atoms with Crippen molar-refractivity contribution in [2.75, 3.05) is 49.9 Å². The molecule has 1 atom stereocenters. The number of ether oxygens (including phenoxy) is 1. The highest BCUT2D eigenvalue weighted by Crippen LogP contribution is 2.36. The highest BCUT2D eigenvalue weighted by atomic mass is 32.2. The van der Waals surface area contributed by atoms with E-state index >= 15 is 0 Å². The second kappa shape index (κ2) is 8.58. The minimum atomic E-state index is -3.15. The van der Waals surface area contributed by atoms with Crippen molar-refractivity contribution in [2.24, 2.45) is 5.92 Å². The molecule has 1 amide bonds. The molecule has 1 aromatic rings. The monoisotopic (exact) mass is 438 g/mol. The number of aromatic nitrogens is 1. The van der Waals surface area contributed by atoms with E-state index in [1.807, 2.05) is 6.92 Å². The first-order chi connectivity index (χ1) is 14.4. The van der Waals surface area contributed by atoms with Crippen LogP contribution in [0, 0.1) is 5.92 Å². The Kier molecular flexibility index (Phi) is 6.06. The number of rotatable bonds is 5. The fourth-order valence-electron chi connectivity index (χ4n) is 4.64. The first-order valence-electron chi connectivity index (χ1n) is 10.7. The second-order valence-electron chi connectivity index (χ2n) is 8.32. The molecular formula is C20H30N4O5S. The fourth-order valence-corrected chi connectivity index (χ4v) is 6.13. The molecule has 2 saturated heterocycles. The lowest BCUT2D eigenvalue weighted by Crippen LogP contribution is -2.49. The minimum Gasteiger partial charge on any atom is -0.488 e. The van der Waals surface area contributed by atoms with Gasteiger partial charge in [-0.05, 0) is 31.2 Å². The lowest BCUT2D eigenvalue weighted by atomic mass is 9.89. The number of amides is 1. The summed E-state index contributed by atoms with van der Waals surface area (Å²) in [5.41, 5.74) is 1.13. The molecule has 2 fully saturated rings. The molecule has 1 aromatic heterocycles. The van der Waals surface area contributed by atoms with Crippen LogP contribution in [-0.4, -0.2) is 84.9 Å². The van der Waals surface area contributed by atoms with Crippen molar-refractivity contribution in [1.82, 2.24) is 14.2 Å². The third-order valence-corrected chi connectivity index (χ3v) is 8.46. The van der Waals surface area contributed by atoms with E-state index in [-0.39, 0.29) is 11.9 Å². The molecule has 0 radical (unpaired) electrons. The lowest BCUT2D eigenvalue weighted by Gasteiger charge is -2.34. The molecule has 9 nitrogen and oxygen atoms in total. The maximum atomic E-state index is 12.3. The molecule has 0 saturated carbocycles. The van der Waals surface area contributed by atoms with Gasteiger partial charge in [-0.15, -0.1) is 0 Å². The van der Waals surface area contributed by atoms with Gasteiger partial charge in [0.15, 0.2) is 0 Å². The number of pyridine rings is 1. The van der Waals surface area contributed by atoms with Gasteiger partial charge in [0.25, 0.3) is 0 Å². The van der Waals surface area contributed by atoms with Gasteiger partial charge in [-0.2, -0.15) is 4.31 Å². The van der Waals surface area contributed by atoms with Crippen LogP contribution in [0.5, 0.6) is 5.75 Å². The molecule has 0 bridgehead atoms. The summed E-state index contributed by atoms with van der Waals surface area (Å²) in [7, 11) is -3.15. The number of anilines is 1. The zero-order valence-electron chi connectivity index (χ0n) is 17.4. The maximum absolute atomic E-state index is 12.3. The zero-order chi connectivity index (χ0) is 21.3. The van der Waals surface area contributed by atoms with Crippen molar-refractivity contribution in [3.63, 3.8) is 0 Å². The van der Waals surface area contributed by atoms with Gasteiger partial charge >= 0.3 is 6.09 Å². The molecule has 0 spiro atoms. The first kappa shape index (κ1) is 21.2. The average molecular weight is 439 g/mol. The van der Waals surface area contributed by atoms with Crippen molar-refractivity contribution in [2.45, 2.75) is 38.7 Å². The predicted octanol–water partition coefficient (Wildman–Crippen LogP) is 1.64. The Balaban J connectivity index is 1.35. The minimum absolute atomic E-state index is 0.0732. The number of carboxylic acid groups (broad SMARTS) is 1. The molecule has 1 unspecified atom stereocenters. The summed E-state index contributed by atoms with van der Waals surface area (Å²) in [6.07, 6.45) is 4.08. The summed E-state index contributed by atoms with van der Waals surface area (Å²) in [6, 6.07) is 2.07. The van der Waals surface area contributed by atoms with Crippen molar-refractivity contribution in [1.29, 1.82) is 0 Å². The Labute approximate surface area is 177 Å². The molecule has 166 valence electrons. The smallest absolute Gasteiger partial charge is 0.407 e. The molecular weight excluding hydrogens is 408 g/mol. The van der Waals surface area contributed by atoms with E-state index in [1.165, 1.54) is 4.90 Å². The Bertz CT molecular complexity index is 877. The molecule has 4 rings (SSSR count). The number of hydrogen-bond acceptors (Lipinski definition) is 6. The predicted molar refractivity (Wildman–Crippen MR) is 113 cm³/mol. The number of carbonyl (C=O) groups is 1. The van der Waals surface area contributed by atoms with Gasteiger partial charge in [-0.1, -0.05) is 6.92 Å². The number of piperidine rings is 1. The zero-order valence-corrected chi connectivity index (χ0v) is 18.2. The van der Waals surface area contributed by atoms with Crippen LogP contribution >= 0.6 is 0 Å². The first-order valence-corrected chi connectivity index (χ1v) is 12.3. The number of sulfonamides is 1. The van der Waals surface area contributed by atoms with Gasteiger partial charge in [-0.3, -0.25) is 0 Å². The van der Waals surface area contributed by atoms with E-state index in [9.17, 15) is 13.2 Å². The van der Waals surface area contributed by atoms with Gasteiger partial charge in [0.1, 0.15) is 17.7 Å². The summed E-state index contributed by atoms with van der Waals surface area (Å²) < 4.78 is 32.3. The van der Waals surface area contributed by atoms with E-state index in [2.05, 4.69) is 16.0 Å². The normalized spacial score (nSPS) is 23.3. The van der Waals surface area contributed by atoms with E-state index in [0.717, 1.165) is 36.4 Å². The molecule has 0 aliphatic carbocycles. The largest absolute Gasteiger partial charge is 0.488 e. The third kappa shape index (κ3) is 4.34. The Morgan fingerprint density at radius 2 is 1.90 bits per heavy atom. The topological polar surface area (TPSA) is 103 Å². The molecule has 4 heterocycles. The standard InChI is InChI=1S/C20H30N4O5S/c1-2-11-30(27,28)24-9-7-22(8-10-24)19-13-16-12-17(29-18(16)14-21-19)15-3-5-23(6-4-15)20(25)26/h13-15,17H,2-12H2,1H3,(H,25,26). The maximum Gasteiger partial charge on any atom is 0.407 e. The lowest BCUT2D eigenvalue weighted by molar-refractivity contribution is 0.0834.